The van der Waals surface area contributed by atoms with Gasteiger partial charge in [0.25, 0.3) is 5.91 Å². The SMILES string of the molecule is CCOC(=O)Cn1c(=NC(=O)COc2ccccc2C)sc2cc(CC)ccc21. The Labute approximate surface area is 173 Å². The van der Waals surface area contributed by atoms with Gasteiger partial charge in [-0.1, -0.05) is 42.5 Å². The van der Waals surface area contributed by atoms with Gasteiger partial charge in [0.05, 0.1) is 16.8 Å². The molecule has 152 valence electrons. The summed E-state index contributed by atoms with van der Waals surface area (Å²) in [5, 5.41) is 0. The van der Waals surface area contributed by atoms with E-state index in [1.54, 1.807) is 11.5 Å². The normalized spacial score (nSPS) is 11.6. The molecule has 0 unspecified atom stereocenters. The van der Waals surface area contributed by atoms with Crippen LogP contribution in [0, 0.1) is 6.92 Å². The topological polar surface area (TPSA) is 69.9 Å². The molecule has 3 rings (SSSR count). The average Bonchev–Trinajstić information content (AvgIpc) is 3.03. The van der Waals surface area contributed by atoms with Gasteiger partial charge in [-0.25, -0.2) is 0 Å². The first-order valence-corrected chi connectivity index (χ1v) is 10.4. The number of fused-ring (bicyclic) bond motifs is 1. The zero-order chi connectivity index (χ0) is 20.8. The first kappa shape index (κ1) is 20.8. The number of ether oxygens (including phenoxy) is 2. The van der Waals surface area contributed by atoms with Gasteiger partial charge >= 0.3 is 5.97 Å². The van der Waals surface area contributed by atoms with Gasteiger partial charge in [0.15, 0.2) is 11.4 Å². The number of esters is 1. The largest absolute Gasteiger partial charge is 0.483 e. The summed E-state index contributed by atoms with van der Waals surface area (Å²) in [6.45, 7) is 5.90. The number of rotatable bonds is 7. The lowest BCUT2D eigenvalue weighted by atomic mass is 10.2. The van der Waals surface area contributed by atoms with Crippen LogP contribution in [0.5, 0.6) is 5.75 Å². The highest BCUT2D eigenvalue weighted by Crippen LogP contribution is 2.20. The Bertz CT molecular complexity index is 1100. The number of aromatic nitrogens is 1. The van der Waals surface area contributed by atoms with Crippen molar-refractivity contribution in [3.63, 3.8) is 0 Å². The fourth-order valence-corrected chi connectivity index (χ4v) is 4.02. The quantitative estimate of drug-likeness (QED) is 0.556. The van der Waals surface area contributed by atoms with Crippen molar-refractivity contribution < 1.29 is 19.1 Å². The van der Waals surface area contributed by atoms with E-state index in [-0.39, 0.29) is 19.1 Å². The van der Waals surface area contributed by atoms with Crippen LogP contribution in [-0.2, 0) is 27.3 Å². The van der Waals surface area contributed by atoms with Crippen molar-refractivity contribution in [2.75, 3.05) is 13.2 Å². The molecule has 29 heavy (non-hydrogen) atoms. The summed E-state index contributed by atoms with van der Waals surface area (Å²) in [4.78, 5) is 29.2. The molecule has 0 saturated heterocycles. The molecule has 6 nitrogen and oxygen atoms in total. The smallest absolute Gasteiger partial charge is 0.326 e. The Morgan fingerprint density at radius 2 is 1.93 bits per heavy atom. The van der Waals surface area contributed by atoms with Crippen LogP contribution in [0.3, 0.4) is 0 Å². The number of nitrogens with zero attached hydrogens (tertiary/aromatic N) is 2. The zero-order valence-corrected chi connectivity index (χ0v) is 17.6. The van der Waals surface area contributed by atoms with Gasteiger partial charge in [0.2, 0.25) is 0 Å². The Balaban J connectivity index is 1.92. The summed E-state index contributed by atoms with van der Waals surface area (Å²) in [5.41, 5.74) is 2.99. The lowest BCUT2D eigenvalue weighted by Crippen LogP contribution is -2.24. The maximum atomic E-state index is 12.4. The number of hydrogen-bond acceptors (Lipinski definition) is 5. The number of para-hydroxylation sites is 1. The predicted octanol–water partition coefficient (Wildman–Crippen LogP) is 3.64. The molecule has 0 aliphatic carbocycles. The van der Waals surface area contributed by atoms with Crippen LogP contribution < -0.4 is 9.54 Å². The third-order valence-corrected chi connectivity index (χ3v) is 5.45. The second-order valence-corrected chi connectivity index (χ2v) is 7.50. The molecule has 0 aliphatic rings. The fraction of sp³-hybridized carbons (Fsp3) is 0.318. The molecule has 0 bridgehead atoms. The molecule has 1 heterocycles. The highest BCUT2D eigenvalue weighted by atomic mass is 32.1. The van der Waals surface area contributed by atoms with Gasteiger partial charge in [-0.05, 0) is 49.6 Å². The Morgan fingerprint density at radius 3 is 2.66 bits per heavy atom. The van der Waals surface area contributed by atoms with E-state index in [1.165, 1.54) is 16.9 Å². The minimum Gasteiger partial charge on any atom is -0.483 e. The molecule has 3 aromatic rings. The molecule has 2 aromatic carbocycles. The molecule has 0 saturated carbocycles. The van der Waals surface area contributed by atoms with Crippen molar-refractivity contribution in [1.29, 1.82) is 0 Å². The van der Waals surface area contributed by atoms with E-state index in [4.69, 9.17) is 9.47 Å². The average molecular weight is 413 g/mol. The molecule has 0 aliphatic heterocycles. The number of hydrogen-bond donors (Lipinski definition) is 0. The van der Waals surface area contributed by atoms with Crippen LogP contribution in [0.25, 0.3) is 10.2 Å². The van der Waals surface area contributed by atoms with Crippen molar-refractivity contribution >= 4 is 33.4 Å². The molecule has 1 aromatic heterocycles. The number of thiazole rings is 1. The van der Waals surface area contributed by atoms with Crippen molar-refractivity contribution in [2.45, 2.75) is 33.7 Å². The molecule has 0 spiro atoms. The molecule has 0 atom stereocenters. The Kier molecular flexibility index (Phi) is 6.82. The molecular formula is C22H24N2O4S. The zero-order valence-electron chi connectivity index (χ0n) is 16.8. The summed E-state index contributed by atoms with van der Waals surface area (Å²) in [5.74, 6) is -0.121. The molecule has 0 N–H and O–H groups in total. The molecule has 7 heteroatoms. The molecular weight excluding hydrogens is 388 g/mol. The number of carbonyl (C=O) groups is 2. The number of benzene rings is 2. The van der Waals surface area contributed by atoms with E-state index in [9.17, 15) is 9.59 Å². The minimum absolute atomic E-state index is 0.00404. The third kappa shape index (κ3) is 5.12. The van der Waals surface area contributed by atoms with Crippen LogP contribution in [0.1, 0.15) is 25.0 Å². The van der Waals surface area contributed by atoms with E-state index in [2.05, 4.69) is 18.0 Å². The standard InChI is InChI=1S/C22H24N2O4S/c1-4-16-10-11-17-19(12-16)29-22(24(17)13-21(26)27-5-2)23-20(25)14-28-18-9-7-6-8-15(18)3/h6-12H,4-5,13-14H2,1-3H3. The molecule has 1 amide bonds. The van der Waals surface area contributed by atoms with E-state index in [0.29, 0.717) is 17.2 Å². The summed E-state index contributed by atoms with van der Waals surface area (Å²) < 4.78 is 13.4. The van der Waals surface area contributed by atoms with Crippen molar-refractivity contribution in [2.24, 2.45) is 4.99 Å². The second kappa shape index (κ2) is 9.52. The van der Waals surface area contributed by atoms with Gasteiger partial charge < -0.3 is 14.0 Å². The summed E-state index contributed by atoms with van der Waals surface area (Å²) in [6.07, 6.45) is 0.904. The number of aryl methyl sites for hydroxylation is 2. The molecule has 0 fully saturated rings. The second-order valence-electron chi connectivity index (χ2n) is 6.49. The van der Waals surface area contributed by atoms with Crippen molar-refractivity contribution in [3.8, 4) is 5.75 Å². The predicted molar refractivity (Wildman–Crippen MR) is 113 cm³/mol. The summed E-state index contributed by atoms with van der Waals surface area (Å²) in [7, 11) is 0. The molecule has 0 radical (unpaired) electrons. The maximum Gasteiger partial charge on any atom is 0.326 e. The Morgan fingerprint density at radius 1 is 1.14 bits per heavy atom. The first-order valence-electron chi connectivity index (χ1n) is 9.55. The minimum atomic E-state index is -0.409. The monoisotopic (exact) mass is 412 g/mol. The fourth-order valence-electron chi connectivity index (χ4n) is 2.91. The van der Waals surface area contributed by atoms with Crippen LogP contribution >= 0.6 is 11.3 Å². The van der Waals surface area contributed by atoms with Gasteiger partial charge in [0, 0.05) is 0 Å². The first-order chi connectivity index (χ1) is 14.0. The highest BCUT2D eigenvalue weighted by Gasteiger charge is 2.13. The lowest BCUT2D eigenvalue weighted by Gasteiger charge is -2.07. The van der Waals surface area contributed by atoms with Crippen LogP contribution in [-0.4, -0.2) is 29.7 Å². The third-order valence-electron chi connectivity index (χ3n) is 4.41. The highest BCUT2D eigenvalue weighted by molar-refractivity contribution is 7.16. The van der Waals surface area contributed by atoms with E-state index in [1.807, 2.05) is 43.3 Å². The van der Waals surface area contributed by atoms with E-state index < -0.39 is 5.91 Å². The summed E-state index contributed by atoms with van der Waals surface area (Å²) in [6, 6.07) is 13.5. The van der Waals surface area contributed by atoms with Gasteiger partial charge in [-0.3, -0.25) is 9.59 Å². The van der Waals surface area contributed by atoms with Gasteiger partial charge in [0.1, 0.15) is 12.3 Å². The van der Waals surface area contributed by atoms with Crippen molar-refractivity contribution in [1.82, 2.24) is 4.57 Å². The summed E-state index contributed by atoms with van der Waals surface area (Å²) >= 11 is 1.38. The van der Waals surface area contributed by atoms with E-state index in [0.717, 1.165) is 22.2 Å². The maximum absolute atomic E-state index is 12.4. The van der Waals surface area contributed by atoms with E-state index >= 15 is 0 Å². The lowest BCUT2D eigenvalue weighted by molar-refractivity contribution is -0.143. The Hall–Kier alpha value is -2.93. The number of carbonyl (C=O) groups excluding carboxylic acids is 2. The van der Waals surface area contributed by atoms with Crippen LogP contribution in [0.2, 0.25) is 0 Å². The van der Waals surface area contributed by atoms with Gasteiger partial charge in [-0.2, -0.15) is 4.99 Å². The van der Waals surface area contributed by atoms with Crippen LogP contribution in [0.4, 0.5) is 0 Å². The van der Waals surface area contributed by atoms with Crippen molar-refractivity contribution in [3.05, 3.63) is 58.4 Å². The number of amides is 1. The van der Waals surface area contributed by atoms with Gasteiger partial charge in [-0.15, -0.1) is 0 Å². The van der Waals surface area contributed by atoms with Crippen LogP contribution in [0.15, 0.2) is 47.5 Å².